The van der Waals surface area contributed by atoms with E-state index in [2.05, 4.69) is 20.4 Å². The lowest BCUT2D eigenvalue weighted by Crippen LogP contribution is -2.32. The minimum absolute atomic E-state index is 0.0204. The molecule has 0 bridgehead atoms. The normalized spacial score (nSPS) is 12.2. The molecule has 0 aliphatic rings. The number of thiazole rings is 1. The van der Waals surface area contributed by atoms with Crippen molar-refractivity contribution in [3.63, 3.8) is 0 Å². The van der Waals surface area contributed by atoms with Gasteiger partial charge in [-0.2, -0.15) is 5.10 Å². The molecule has 130 valence electrons. The Balaban J connectivity index is 1.53. The van der Waals surface area contributed by atoms with Gasteiger partial charge in [-0.1, -0.05) is 12.1 Å². The molecule has 0 saturated heterocycles. The van der Waals surface area contributed by atoms with Crippen molar-refractivity contribution < 1.29 is 4.79 Å². The lowest BCUT2D eigenvalue weighted by Gasteiger charge is -2.14. The number of carbonyl (C=O) groups is 1. The zero-order chi connectivity index (χ0) is 18.1. The maximum absolute atomic E-state index is 12.5. The molecule has 0 spiro atoms. The first-order valence-electron chi connectivity index (χ1n) is 7.84. The van der Waals surface area contributed by atoms with Crippen LogP contribution >= 0.6 is 11.3 Å². The number of nitrogens with one attached hydrogen (secondary N) is 1. The molecule has 1 atom stereocenters. The molecule has 1 N–H and O–H groups in total. The van der Waals surface area contributed by atoms with Crippen LogP contribution < -0.4 is 10.9 Å². The van der Waals surface area contributed by atoms with E-state index in [0.717, 1.165) is 11.3 Å². The van der Waals surface area contributed by atoms with Gasteiger partial charge in [-0.3, -0.25) is 14.0 Å². The molecule has 1 unspecified atom stereocenters. The van der Waals surface area contributed by atoms with Gasteiger partial charge in [0.15, 0.2) is 4.96 Å². The largest absolute Gasteiger partial charge is 0.345 e. The summed E-state index contributed by atoms with van der Waals surface area (Å²) in [5, 5.41) is 8.67. The Morgan fingerprint density at radius 3 is 2.81 bits per heavy atom. The summed E-state index contributed by atoms with van der Waals surface area (Å²) in [4.78, 5) is 33.5. The summed E-state index contributed by atoms with van der Waals surface area (Å²) in [5.41, 5.74) is 1.43. The minimum atomic E-state index is -0.448. The second kappa shape index (κ2) is 6.52. The quantitative estimate of drug-likeness (QED) is 0.595. The molecule has 1 amide bonds. The highest BCUT2D eigenvalue weighted by atomic mass is 32.1. The number of hydrogen-bond donors (Lipinski definition) is 1. The van der Waals surface area contributed by atoms with Crippen LogP contribution in [0, 0.1) is 0 Å². The Labute approximate surface area is 151 Å². The lowest BCUT2D eigenvalue weighted by atomic mass is 10.1. The number of amides is 1. The molecular weight excluding hydrogens is 352 g/mol. The van der Waals surface area contributed by atoms with Crippen LogP contribution in [0.2, 0.25) is 0 Å². The molecule has 3 aromatic heterocycles. The number of hydrogen-bond acceptors (Lipinski definition) is 6. The van der Waals surface area contributed by atoms with Crippen LogP contribution in [0.15, 0.2) is 59.5 Å². The summed E-state index contributed by atoms with van der Waals surface area (Å²) in [6, 6.07) is 7.31. The maximum Gasteiger partial charge on any atom is 0.271 e. The summed E-state index contributed by atoms with van der Waals surface area (Å²) < 4.78 is 3.02. The van der Waals surface area contributed by atoms with Gasteiger partial charge in [-0.15, -0.1) is 11.3 Å². The number of fused-ring (bicyclic) bond motifs is 1. The van der Waals surface area contributed by atoms with E-state index in [9.17, 15) is 9.59 Å². The first-order valence-corrected chi connectivity index (χ1v) is 8.72. The second-order valence-electron chi connectivity index (χ2n) is 5.66. The third-order valence-corrected chi connectivity index (χ3v) is 4.78. The predicted octanol–water partition coefficient (Wildman–Crippen LogP) is 1.83. The van der Waals surface area contributed by atoms with Gasteiger partial charge >= 0.3 is 0 Å². The van der Waals surface area contributed by atoms with Crippen LogP contribution in [-0.4, -0.2) is 30.1 Å². The molecule has 0 saturated carbocycles. The van der Waals surface area contributed by atoms with Crippen molar-refractivity contribution in [3.8, 4) is 5.69 Å². The number of rotatable bonds is 4. The molecule has 8 nitrogen and oxygen atoms in total. The molecule has 0 aliphatic heterocycles. The van der Waals surface area contributed by atoms with Crippen molar-refractivity contribution in [2.24, 2.45) is 0 Å². The van der Waals surface area contributed by atoms with Crippen molar-refractivity contribution in [2.75, 3.05) is 0 Å². The Morgan fingerprint density at radius 2 is 2.08 bits per heavy atom. The molecule has 3 heterocycles. The van der Waals surface area contributed by atoms with Gasteiger partial charge in [-0.05, 0) is 24.6 Å². The van der Waals surface area contributed by atoms with Gasteiger partial charge in [-0.25, -0.2) is 14.6 Å². The fraction of sp³-hybridized carbons (Fsp3) is 0.118. The monoisotopic (exact) mass is 366 g/mol. The Kier molecular flexibility index (Phi) is 4.05. The van der Waals surface area contributed by atoms with Crippen molar-refractivity contribution in [1.29, 1.82) is 0 Å². The van der Waals surface area contributed by atoms with E-state index < -0.39 is 5.91 Å². The molecule has 9 heteroatoms. The second-order valence-corrected chi connectivity index (χ2v) is 6.53. The number of aromatic nitrogens is 5. The molecule has 4 rings (SSSR count). The molecule has 0 fully saturated rings. The number of nitrogens with zero attached hydrogens (tertiary/aromatic N) is 5. The summed E-state index contributed by atoms with van der Waals surface area (Å²) in [6.45, 7) is 1.86. The Hall–Kier alpha value is -3.33. The molecule has 0 radical (unpaired) electrons. The third kappa shape index (κ3) is 2.88. The average Bonchev–Trinajstić information content (AvgIpc) is 3.34. The van der Waals surface area contributed by atoms with Crippen LogP contribution in [-0.2, 0) is 0 Å². The highest BCUT2D eigenvalue weighted by molar-refractivity contribution is 7.15. The van der Waals surface area contributed by atoms with E-state index in [1.807, 2.05) is 31.2 Å². The molecule has 4 aromatic rings. The number of carbonyl (C=O) groups excluding carboxylic acids is 1. The average molecular weight is 366 g/mol. The maximum atomic E-state index is 12.5. The molecule has 1 aromatic carbocycles. The van der Waals surface area contributed by atoms with Crippen molar-refractivity contribution in [2.45, 2.75) is 13.0 Å². The summed E-state index contributed by atoms with van der Waals surface area (Å²) in [5.74, 6) is -0.448. The fourth-order valence-corrected chi connectivity index (χ4v) is 3.27. The SMILES string of the molecule is CC(NC(=O)c1cnc2sccn2c1=O)c1ccc(-n2cncn2)cc1. The lowest BCUT2D eigenvalue weighted by molar-refractivity contribution is 0.0938. The number of benzene rings is 1. The Bertz CT molecular complexity index is 1110. The van der Waals surface area contributed by atoms with Crippen LogP contribution in [0.25, 0.3) is 10.6 Å². The zero-order valence-corrected chi connectivity index (χ0v) is 14.6. The first kappa shape index (κ1) is 16.2. The van der Waals surface area contributed by atoms with Crippen molar-refractivity contribution in [3.05, 3.63) is 76.2 Å². The summed E-state index contributed by atoms with van der Waals surface area (Å²) in [7, 11) is 0. The fourth-order valence-electron chi connectivity index (χ4n) is 2.60. The Morgan fingerprint density at radius 1 is 1.27 bits per heavy atom. The van der Waals surface area contributed by atoms with E-state index in [1.54, 1.807) is 22.6 Å². The molecule has 0 aliphatic carbocycles. The predicted molar refractivity (Wildman–Crippen MR) is 96.6 cm³/mol. The van der Waals surface area contributed by atoms with E-state index >= 15 is 0 Å². The minimum Gasteiger partial charge on any atom is -0.345 e. The van der Waals surface area contributed by atoms with Crippen molar-refractivity contribution in [1.82, 2.24) is 29.5 Å². The highest BCUT2D eigenvalue weighted by Crippen LogP contribution is 2.15. The summed E-state index contributed by atoms with van der Waals surface area (Å²) >= 11 is 1.34. The van der Waals surface area contributed by atoms with Crippen LogP contribution in [0.1, 0.15) is 28.9 Å². The van der Waals surface area contributed by atoms with Crippen LogP contribution in [0.5, 0.6) is 0 Å². The topological polar surface area (TPSA) is 94.2 Å². The van der Waals surface area contributed by atoms with E-state index in [1.165, 1.54) is 28.3 Å². The highest BCUT2D eigenvalue weighted by Gasteiger charge is 2.16. The molecular formula is C17H14N6O2S. The summed E-state index contributed by atoms with van der Waals surface area (Å²) in [6.07, 6.45) is 6.01. The van der Waals surface area contributed by atoms with Gasteiger partial charge in [0.25, 0.3) is 11.5 Å². The van der Waals surface area contributed by atoms with Gasteiger partial charge in [0.2, 0.25) is 0 Å². The van der Waals surface area contributed by atoms with Crippen LogP contribution in [0.4, 0.5) is 0 Å². The van der Waals surface area contributed by atoms with E-state index in [4.69, 9.17) is 0 Å². The van der Waals surface area contributed by atoms with Crippen molar-refractivity contribution >= 4 is 22.2 Å². The zero-order valence-electron chi connectivity index (χ0n) is 13.7. The van der Waals surface area contributed by atoms with E-state index in [0.29, 0.717) is 4.96 Å². The first-order chi connectivity index (χ1) is 12.6. The molecule has 26 heavy (non-hydrogen) atoms. The van der Waals surface area contributed by atoms with Gasteiger partial charge in [0.1, 0.15) is 18.2 Å². The standard InChI is InChI=1S/C17H14N6O2S/c1-11(12-2-4-13(5-3-12)23-10-18-9-20-23)21-15(24)14-8-19-17-22(16(14)25)6-7-26-17/h2-11H,1H3,(H,21,24). The van der Waals surface area contributed by atoms with Crippen LogP contribution in [0.3, 0.4) is 0 Å². The van der Waals surface area contributed by atoms with Gasteiger partial charge in [0.05, 0.1) is 11.7 Å². The third-order valence-electron chi connectivity index (χ3n) is 4.01. The van der Waals surface area contributed by atoms with Gasteiger partial charge < -0.3 is 5.32 Å². The van der Waals surface area contributed by atoms with Gasteiger partial charge in [0, 0.05) is 17.8 Å². The smallest absolute Gasteiger partial charge is 0.271 e. The van der Waals surface area contributed by atoms with E-state index in [-0.39, 0.29) is 17.2 Å².